The van der Waals surface area contributed by atoms with Crippen molar-refractivity contribution in [2.45, 2.75) is 12.8 Å². The molecular formula is C17H15N3O. The Labute approximate surface area is 123 Å². The van der Waals surface area contributed by atoms with E-state index in [9.17, 15) is 4.79 Å². The van der Waals surface area contributed by atoms with Crippen LogP contribution in [0.3, 0.4) is 0 Å². The van der Waals surface area contributed by atoms with Gasteiger partial charge in [-0.3, -0.25) is 9.88 Å². The molecule has 2 aliphatic rings. The van der Waals surface area contributed by atoms with Crippen molar-refractivity contribution < 1.29 is 4.79 Å². The highest BCUT2D eigenvalue weighted by atomic mass is 16.2. The summed E-state index contributed by atoms with van der Waals surface area (Å²) in [5.74, 6) is 0. The number of carbonyl (C=O) groups is 1. The number of rotatable bonds is 1. The summed E-state index contributed by atoms with van der Waals surface area (Å²) < 4.78 is 0. The molecule has 0 radical (unpaired) electrons. The lowest BCUT2D eigenvalue weighted by Gasteiger charge is -2.18. The first-order chi connectivity index (χ1) is 10.3. The average Bonchev–Trinajstić information content (AvgIpc) is 3.11. The largest absolute Gasteiger partial charge is 0.326 e. The first-order valence-corrected chi connectivity index (χ1v) is 7.12. The van der Waals surface area contributed by atoms with Gasteiger partial charge in [0, 0.05) is 18.4 Å². The number of amides is 2. The molecule has 4 rings (SSSR count). The lowest BCUT2D eigenvalue weighted by atomic mass is 10.0. The van der Waals surface area contributed by atoms with E-state index in [-0.39, 0.29) is 6.03 Å². The van der Waals surface area contributed by atoms with E-state index in [1.54, 1.807) is 12.4 Å². The first-order valence-electron chi connectivity index (χ1n) is 7.12. The second kappa shape index (κ2) is 4.74. The number of aromatic nitrogens is 1. The standard InChI is InChI=1S/C17H15N3O/c21-17(19-15-5-2-7-18-11-15)20-8-6-14-9-12-3-1-4-13(12)10-16(14)20/h1-2,4-5,7,9-11H,3,6,8H2,(H,19,21). The highest BCUT2D eigenvalue weighted by molar-refractivity contribution is 6.03. The van der Waals surface area contributed by atoms with Gasteiger partial charge in [0.1, 0.15) is 0 Å². The fraction of sp³-hybridized carbons (Fsp3) is 0.176. The molecule has 0 spiro atoms. The maximum atomic E-state index is 12.4. The monoisotopic (exact) mass is 277 g/mol. The summed E-state index contributed by atoms with van der Waals surface area (Å²) in [5.41, 5.74) is 5.61. The Morgan fingerprint density at radius 1 is 1.29 bits per heavy atom. The van der Waals surface area contributed by atoms with Crippen molar-refractivity contribution in [3.05, 3.63) is 59.4 Å². The number of hydrogen-bond donors (Lipinski definition) is 1. The zero-order chi connectivity index (χ0) is 14.2. The SMILES string of the molecule is O=C(Nc1cccnc1)N1CCc2cc3c(cc21)C=CC3. The van der Waals surface area contributed by atoms with E-state index in [1.807, 2.05) is 17.0 Å². The average molecular weight is 277 g/mol. The van der Waals surface area contributed by atoms with Crippen LogP contribution in [0.15, 0.2) is 42.7 Å². The molecule has 104 valence electrons. The van der Waals surface area contributed by atoms with Crippen LogP contribution in [-0.4, -0.2) is 17.6 Å². The molecule has 1 aliphatic heterocycles. The fourth-order valence-corrected chi connectivity index (χ4v) is 2.99. The quantitative estimate of drug-likeness (QED) is 0.869. The summed E-state index contributed by atoms with van der Waals surface area (Å²) in [6.45, 7) is 0.730. The zero-order valence-corrected chi connectivity index (χ0v) is 11.5. The predicted molar refractivity (Wildman–Crippen MR) is 83.5 cm³/mol. The predicted octanol–water partition coefficient (Wildman–Crippen LogP) is 3.25. The lowest BCUT2D eigenvalue weighted by Crippen LogP contribution is -2.33. The van der Waals surface area contributed by atoms with Crippen LogP contribution in [0.2, 0.25) is 0 Å². The normalized spacial score (nSPS) is 15.0. The van der Waals surface area contributed by atoms with E-state index in [1.165, 1.54) is 16.7 Å². The van der Waals surface area contributed by atoms with Gasteiger partial charge < -0.3 is 5.32 Å². The van der Waals surface area contributed by atoms with Crippen LogP contribution in [0, 0.1) is 0 Å². The molecule has 0 atom stereocenters. The maximum Gasteiger partial charge on any atom is 0.326 e. The molecule has 0 bridgehead atoms. The number of benzene rings is 1. The third kappa shape index (κ3) is 2.09. The lowest BCUT2D eigenvalue weighted by molar-refractivity contribution is 0.257. The Kier molecular flexibility index (Phi) is 2.74. The van der Waals surface area contributed by atoms with Crippen LogP contribution in [0.1, 0.15) is 16.7 Å². The Balaban J connectivity index is 1.61. The highest BCUT2D eigenvalue weighted by Gasteiger charge is 2.26. The molecule has 2 aromatic rings. The molecule has 0 saturated heterocycles. The number of allylic oxidation sites excluding steroid dienone is 1. The van der Waals surface area contributed by atoms with Crippen LogP contribution in [0.25, 0.3) is 6.08 Å². The molecule has 1 aliphatic carbocycles. The van der Waals surface area contributed by atoms with E-state index in [4.69, 9.17) is 0 Å². The van der Waals surface area contributed by atoms with Crippen molar-refractivity contribution in [3.63, 3.8) is 0 Å². The van der Waals surface area contributed by atoms with Crippen molar-refractivity contribution >= 4 is 23.5 Å². The van der Waals surface area contributed by atoms with Crippen LogP contribution in [-0.2, 0) is 12.8 Å². The van der Waals surface area contributed by atoms with Gasteiger partial charge in [0.25, 0.3) is 0 Å². The molecule has 1 aromatic carbocycles. The van der Waals surface area contributed by atoms with Crippen molar-refractivity contribution in [3.8, 4) is 0 Å². The molecule has 1 aromatic heterocycles. The van der Waals surface area contributed by atoms with Crippen molar-refractivity contribution in [2.24, 2.45) is 0 Å². The highest BCUT2D eigenvalue weighted by Crippen LogP contribution is 2.34. The van der Waals surface area contributed by atoms with Crippen LogP contribution < -0.4 is 10.2 Å². The number of urea groups is 1. The number of carbonyl (C=O) groups excluding carboxylic acids is 1. The van der Waals surface area contributed by atoms with Gasteiger partial charge in [0.15, 0.2) is 0 Å². The summed E-state index contributed by atoms with van der Waals surface area (Å²) in [6, 6.07) is 7.92. The Morgan fingerprint density at radius 3 is 3.10 bits per heavy atom. The van der Waals surface area contributed by atoms with Gasteiger partial charge in [-0.15, -0.1) is 0 Å². The molecular weight excluding hydrogens is 262 g/mol. The number of hydrogen-bond acceptors (Lipinski definition) is 2. The molecule has 21 heavy (non-hydrogen) atoms. The number of fused-ring (bicyclic) bond motifs is 2. The molecule has 2 amide bonds. The van der Waals surface area contributed by atoms with E-state index in [2.05, 4.69) is 34.6 Å². The Bertz CT molecular complexity index is 737. The Morgan fingerprint density at radius 2 is 2.24 bits per heavy atom. The number of anilines is 2. The summed E-state index contributed by atoms with van der Waals surface area (Å²) in [5, 5.41) is 2.90. The molecule has 0 unspecified atom stereocenters. The van der Waals surface area contributed by atoms with E-state index in [0.29, 0.717) is 0 Å². The van der Waals surface area contributed by atoms with Gasteiger partial charge in [-0.2, -0.15) is 0 Å². The van der Waals surface area contributed by atoms with Crippen molar-refractivity contribution in [1.29, 1.82) is 0 Å². The van der Waals surface area contributed by atoms with Gasteiger partial charge in [0.2, 0.25) is 0 Å². The minimum absolute atomic E-state index is 0.0938. The molecule has 4 heteroatoms. The topological polar surface area (TPSA) is 45.2 Å². The van der Waals surface area contributed by atoms with Gasteiger partial charge >= 0.3 is 6.03 Å². The summed E-state index contributed by atoms with van der Waals surface area (Å²) in [6.07, 6.45) is 9.56. The molecule has 4 nitrogen and oxygen atoms in total. The first kappa shape index (κ1) is 12.1. The van der Waals surface area contributed by atoms with Crippen LogP contribution in [0.4, 0.5) is 16.2 Å². The van der Waals surface area contributed by atoms with Gasteiger partial charge in [0.05, 0.1) is 11.9 Å². The zero-order valence-electron chi connectivity index (χ0n) is 11.5. The van der Waals surface area contributed by atoms with E-state index < -0.39 is 0 Å². The van der Waals surface area contributed by atoms with Gasteiger partial charge in [-0.1, -0.05) is 18.2 Å². The van der Waals surface area contributed by atoms with Gasteiger partial charge in [-0.25, -0.2) is 4.79 Å². The maximum absolute atomic E-state index is 12.4. The number of nitrogens with one attached hydrogen (secondary N) is 1. The number of nitrogens with zero attached hydrogens (tertiary/aromatic N) is 2. The van der Waals surface area contributed by atoms with Gasteiger partial charge in [-0.05, 0) is 47.7 Å². The summed E-state index contributed by atoms with van der Waals surface area (Å²) in [4.78, 5) is 18.3. The van der Waals surface area contributed by atoms with E-state index >= 15 is 0 Å². The molecule has 0 saturated carbocycles. The minimum atomic E-state index is -0.0938. The van der Waals surface area contributed by atoms with E-state index in [0.717, 1.165) is 30.8 Å². The second-order valence-corrected chi connectivity index (χ2v) is 5.36. The number of pyridine rings is 1. The second-order valence-electron chi connectivity index (χ2n) is 5.36. The smallest absolute Gasteiger partial charge is 0.306 e. The molecule has 2 heterocycles. The molecule has 1 N–H and O–H groups in total. The third-order valence-corrected chi connectivity index (χ3v) is 4.03. The summed E-state index contributed by atoms with van der Waals surface area (Å²) in [7, 11) is 0. The molecule has 0 fully saturated rings. The van der Waals surface area contributed by atoms with Crippen LogP contribution in [0.5, 0.6) is 0 Å². The van der Waals surface area contributed by atoms with Crippen molar-refractivity contribution in [1.82, 2.24) is 4.98 Å². The fourth-order valence-electron chi connectivity index (χ4n) is 2.99. The minimum Gasteiger partial charge on any atom is -0.306 e. The van der Waals surface area contributed by atoms with Crippen LogP contribution >= 0.6 is 0 Å². The Hall–Kier alpha value is -2.62. The summed E-state index contributed by atoms with van der Waals surface area (Å²) >= 11 is 0. The van der Waals surface area contributed by atoms with Crippen molar-refractivity contribution in [2.75, 3.05) is 16.8 Å². The third-order valence-electron chi connectivity index (χ3n) is 4.03.